The molecule has 1 aliphatic heterocycles. The summed E-state index contributed by atoms with van der Waals surface area (Å²) in [5.74, 6) is -0.316. The molecule has 4 nitrogen and oxygen atoms in total. The smallest absolute Gasteiger partial charge is 0.256 e. The molecule has 2 aromatic carbocycles. The second-order valence-electron chi connectivity index (χ2n) is 7.22. The molecule has 146 valence electrons. The van der Waals surface area contributed by atoms with Crippen molar-refractivity contribution in [3.63, 3.8) is 0 Å². The van der Waals surface area contributed by atoms with Crippen LogP contribution in [0.3, 0.4) is 0 Å². The number of hydrogen-bond donors (Lipinski definition) is 0. The first-order valence-electron chi connectivity index (χ1n) is 9.92. The Kier molecular flexibility index (Phi) is 5.72. The molecule has 0 N–H and O–H groups in total. The second-order valence-corrected chi connectivity index (χ2v) is 7.22. The van der Waals surface area contributed by atoms with E-state index in [9.17, 15) is 9.18 Å². The van der Waals surface area contributed by atoms with Crippen molar-refractivity contribution in [3.05, 3.63) is 71.7 Å². The molecule has 1 saturated heterocycles. The first-order valence-corrected chi connectivity index (χ1v) is 9.92. The summed E-state index contributed by atoms with van der Waals surface area (Å²) in [7, 11) is 0. The monoisotopic (exact) mass is 380 g/mol. The highest BCUT2D eigenvalue weighted by atomic mass is 19.1. The summed E-state index contributed by atoms with van der Waals surface area (Å²) in [5, 5.41) is 0.694. The lowest BCUT2D eigenvalue weighted by molar-refractivity contribution is 0.0304. The van der Waals surface area contributed by atoms with Crippen LogP contribution in [0.4, 0.5) is 4.39 Å². The zero-order valence-corrected chi connectivity index (χ0v) is 15.9. The summed E-state index contributed by atoms with van der Waals surface area (Å²) < 4.78 is 21.8. The maximum Gasteiger partial charge on any atom is 0.256 e. The molecule has 0 unspecified atom stereocenters. The zero-order valence-electron chi connectivity index (χ0n) is 15.9. The molecule has 0 saturated carbocycles. The number of nitrogens with zero attached hydrogens (tertiary/aromatic N) is 2. The molecular weight excluding hydrogens is 355 g/mol. The largest absolute Gasteiger partial charge is 0.378 e. The van der Waals surface area contributed by atoms with Crippen molar-refractivity contribution in [2.24, 2.45) is 0 Å². The van der Waals surface area contributed by atoms with Crippen molar-refractivity contribution in [2.75, 3.05) is 26.3 Å². The average molecular weight is 380 g/mol. The molecule has 0 bridgehead atoms. The van der Waals surface area contributed by atoms with E-state index < -0.39 is 0 Å². The predicted octanol–water partition coefficient (Wildman–Crippen LogP) is 4.28. The fraction of sp³-hybridized carbons (Fsp3) is 0.348. The van der Waals surface area contributed by atoms with Crippen molar-refractivity contribution in [1.82, 2.24) is 9.47 Å². The molecule has 0 spiro atoms. The zero-order chi connectivity index (χ0) is 19.3. The van der Waals surface area contributed by atoms with Gasteiger partial charge in [-0.15, -0.1) is 0 Å². The molecule has 1 amide bonds. The van der Waals surface area contributed by atoms with Gasteiger partial charge in [-0.3, -0.25) is 4.79 Å². The lowest BCUT2D eigenvalue weighted by atomic mass is 10.1. The van der Waals surface area contributed by atoms with Gasteiger partial charge >= 0.3 is 0 Å². The van der Waals surface area contributed by atoms with Crippen molar-refractivity contribution in [1.29, 1.82) is 0 Å². The molecule has 0 aliphatic carbocycles. The van der Waals surface area contributed by atoms with Gasteiger partial charge in [0.1, 0.15) is 5.82 Å². The number of amides is 1. The predicted molar refractivity (Wildman–Crippen MR) is 108 cm³/mol. The van der Waals surface area contributed by atoms with E-state index >= 15 is 0 Å². The fourth-order valence-corrected chi connectivity index (χ4v) is 3.85. The van der Waals surface area contributed by atoms with Gasteiger partial charge in [0.15, 0.2) is 0 Å². The molecule has 1 aromatic heterocycles. The standard InChI is InChI=1S/C23H25FN2O2/c24-21-11-6-10-19-20(23(27)25-13-15-28-16-14-25)17-26(22(19)21)12-5-4-9-18-7-2-1-3-8-18/h1-3,6-8,10-11,17H,4-5,9,12-16H2. The molecule has 0 atom stereocenters. The average Bonchev–Trinajstić information content (AvgIpc) is 3.12. The highest BCUT2D eigenvalue weighted by Crippen LogP contribution is 2.26. The molecule has 5 heteroatoms. The topological polar surface area (TPSA) is 34.5 Å². The van der Waals surface area contributed by atoms with Crippen LogP contribution >= 0.6 is 0 Å². The SMILES string of the molecule is O=C(c1cn(CCCCc2ccccc2)c2c(F)cccc12)N1CCOCC1. The number of aromatic nitrogens is 1. The summed E-state index contributed by atoms with van der Waals surface area (Å²) in [6.45, 7) is 2.97. The van der Waals surface area contributed by atoms with E-state index in [1.54, 1.807) is 11.0 Å². The van der Waals surface area contributed by atoms with Crippen LogP contribution in [0, 0.1) is 5.82 Å². The molecule has 2 heterocycles. The summed E-state index contributed by atoms with van der Waals surface area (Å²) in [6.07, 6.45) is 4.78. The van der Waals surface area contributed by atoms with Crippen LogP contribution in [0.5, 0.6) is 0 Å². The van der Waals surface area contributed by atoms with Crippen molar-refractivity contribution < 1.29 is 13.9 Å². The van der Waals surface area contributed by atoms with Gasteiger partial charge in [-0.05, 0) is 30.9 Å². The van der Waals surface area contributed by atoms with Gasteiger partial charge in [0.2, 0.25) is 0 Å². The minimum Gasteiger partial charge on any atom is -0.378 e. The quantitative estimate of drug-likeness (QED) is 0.599. The van der Waals surface area contributed by atoms with E-state index in [0.29, 0.717) is 49.3 Å². The van der Waals surface area contributed by atoms with Gasteiger partial charge in [-0.2, -0.15) is 0 Å². The van der Waals surface area contributed by atoms with Gasteiger partial charge in [0.25, 0.3) is 5.91 Å². The number of rotatable bonds is 6. The Hall–Kier alpha value is -2.66. The van der Waals surface area contributed by atoms with E-state index in [1.165, 1.54) is 11.6 Å². The van der Waals surface area contributed by atoms with Crippen LogP contribution in [0.1, 0.15) is 28.8 Å². The Morgan fingerprint density at radius 3 is 2.57 bits per heavy atom. The Balaban J connectivity index is 1.52. The molecule has 3 aromatic rings. The lowest BCUT2D eigenvalue weighted by Crippen LogP contribution is -2.40. The Morgan fingerprint density at radius 2 is 1.79 bits per heavy atom. The molecular formula is C23H25FN2O2. The van der Waals surface area contributed by atoms with Gasteiger partial charge in [-0.1, -0.05) is 42.5 Å². The Morgan fingerprint density at radius 1 is 1.00 bits per heavy atom. The van der Waals surface area contributed by atoms with Gasteiger partial charge < -0.3 is 14.2 Å². The van der Waals surface area contributed by atoms with E-state index in [2.05, 4.69) is 12.1 Å². The van der Waals surface area contributed by atoms with Crippen LogP contribution in [0.2, 0.25) is 0 Å². The molecule has 1 fully saturated rings. The summed E-state index contributed by atoms with van der Waals surface area (Å²) in [5.41, 5.74) is 2.42. The minimum absolute atomic E-state index is 0.0399. The van der Waals surface area contributed by atoms with Crippen LogP contribution in [0.25, 0.3) is 10.9 Å². The first-order chi connectivity index (χ1) is 13.7. The third-order valence-corrected chi connectivity index (χ3v) is 5.34. The number of ether oxygens (including phenoxy) is 1. The molecule has 0 radical (unpaired) electrons. The van der Waals surface area contributed by atoms with E-state index in [0.717, 1.165) is 19.3 Å². The molecule has 1 aliphatic rings. The van der Waals surface area contributed by atoms with E-state index in [1.807, 2.05) is 35.0 Å². The number of para-hydroxylation sites is 1. The first kappa shape index (κ1) is 18.7. The number of morpholine rings is 1. The van der Waals surface area contributed by atoms with Gasteiger partial charge in [-0.25, -0.2) is 4.39 Å². The van der Waals surface area contributed by atoms with E-state index in [4.69, 9.17) is 4.74 Å². The van der Waals surface area contributed by atoms with Crippen molar-refractivity contribution >= 4 is 16.8 Å². The number of aryl methyl sites for hydroxylation is 2. The fourth-order valence-electron chi connectivity index (χ4n) is 3.85. The Labute approximate surface area is 164 Å². The second kappa shape index (κ2) is 8.57. The Bertz CT molecular complexity index is 946. The van der Waals surface area contributed by atoms with E-state index in [-0.39, 0.29) is 11.7 Å². The number of unbranched alkanes of at least 4 members (excludes halogenated alkanes) is 1. The lowest BCUT2D eigenvalue weighted by Gasteiger charge is -2.26. The highest BCUT2D eigenvalue weighted by Gasteiger charge is 2.23. The normalized spacial score (nSPS) is 14.5. The van der Waals surface area contributed by atoms with Crippen LogP contribution in [-0.4, -0.2) is 41.7 Å². The number of hydrogen-bond acceptors (Lipinski definition) is 2. The van der Waals surface area contributed by atoms with Crippen LogP contribution in [0.15, 0.2) is 54.7 Å². The highest BCUT2D eigenvalue weighted by molar-refractivity contribution is 6.07. The summed E-state index contributed by atoms with van der Waals surface area (Å²) in [4.78, 5) is 14.8. The van der Waals surface area contributed by atoms with Crippen LogP contribution < -0.4 is 0 Å². The number of carbonyl (C=O) groups excluding carboxylic acids is 1. The van der Waals surface area contributed by atoms with Crippen molar-refractivity contribution in [2.45, 2.75) is 25.8 Å². The number of fused-ring (bicyclic) bond motifs is 1. The maximum atomic E-state index is 14.6. The summed E-state index contributed by atoms with van der Waals surface area (Å²) in [6, 6.07) is 15.4. The number of benzene rings is 2. The third kappa shape index (κ3) is 3.94. The number of halogens is 1. The van der Waals surface area contributed by atoms with Gasteiger partial charge in [0.05, 0.1) is 24.3 Å². The maximum absolute atomic E-state index is 14.6. The number of carbonyl (C=O) groups is 1. The van der Waals surface area contributed by atoms with Gasteiger partial charge in [0, 0.05) is 31.2 Å². The van der Waals surface area contributed by atoms with Crippen LogP contribution in [-0.2, 0) is 17.7 Å². The van der Waals surface area contributed by atoms with Crippen molar-refractivity contribution in [3.8, 4) is 0 Å². The third-order valence-electron chi connectivity index (χ3n) is 5.34. The molecule has 28 heavy (non-hydrogen) atoms. The molecule has 4 rings (SSSR count). The summed E-state index contributed by atoms with van der Waals surface area (Å²) >= 11 is 0. The minimum atomic E-state index is -0.276.